The van der Waals surface area contributed by atoms with Crippen molar-refractivity contribution in [1.82, 2.24) is 19.6 Å². The molecular formula is C12H15N5O3. The minimum absolute atomic E-state index is 0.0638. The molecule has 106 valence electrons. The number of rotatable bonds is 4. The molecule has 0 saturated carbocycles. The highest BCUT2D eigenvalue weighted by Crippen LogP contribution is 2.14. The number of methoxy groups -OCH3 is 1. The molecule has 2 rings (SSSR count). The summed E-state index contributed by atoms with van der Waals surface area (Å²) < 4.78 is 7.60. The van der Waals surface area contributed by atoms with Gasteiger partial charge in [-0.3, -0.25) is 14.2 Å². The Labute approximate surface area is 115 Å². The second-order valence-electron chi connectivity index (χ2n) is 4.24. The molecule has 1 N–H and O–H groups in total. The molecule has 0 atom stereocenters. The summed E-state index contributed by atoms with van der Waals surface area (Å²) in [6.07, 6.45) is 3.16. The third-order valence-electron chi connectivity index (χ3n) is 2.70. The third-order valence-corrected chi connectivity index (χ3v) is 2.70. The molecule has 2 aromatic heterocycles. The van der Waals surface area contributed by atoms with E-state index < -0.39 is 5.97 Å². The lowest BCUT2D eigenvalue weighted by Gasteiger charge is -2.06. The van der Waals surface area contributed by atoms with Crippen molar-refractivity contribution in [3.05, 3.63) is 29.8 Å². The molecule has 0 saturated heterocycles. The molecule has 0 fully saturated rings. The Morgan fingerprint density at radius 2 is 2.20 bits per heavy atom. The van der Waals surface area contributed by atoms with Crippen molar-refractivity contribution in [1.29, 1.82) is 0 Å². The second-order valence-corrected chi connectivity index (χ2v) is 4.24. The van der Waals surface area contributed by atoms with Gasteiger partial charge in [0.25, 0.3) is 0 Å². The van der Waals surface area contributed by atoms with Gasteiger partial charge in [0, 0.05) is 25.1 Å². The second kappa shape index (κ2) is 5.55. The molecule has 0 aliphatic carbocycles. The highest BCUT2D eigenvalue weighted by Gasteiger charge is 2.18. The van der Waals surface area contributed by atoms with Gasteiger partial charge in [-0.2, -0.15) is 10.2 Å². The molecular weight excluding hydrogens is 262 g/mol. The van der Waals surface area contributed by atoms with Crippen molar-refractivity contribution in [2.45, 2.75) is 13.5 Å². The van der Waals surface area contributed by atoms with Gasteiger partial charge in [0.05, 0.1) is 12.8 Å². The number of anilines is 1. The summed E-state index contributed by atoms with van der Waals surface area (Å²) in [6.45, 7) is 1.92. The minimum Gasteiger partial charge on any atom is -0.464 e. The summed E-state index contributed by atoms with van der Waals surface area (Å²) in [5.74, 6) is -0.897. The first-order chi connectivity index (χ1) is 9.51. The molecule has 0 bridgehead atoms. The van der Waals surface area contributed by atoms with Crippen LogP contribution in [0.3, 0.4) is 0 Å². The monoisotopic (exact) mass is 277 g/mol. The Kier molecular flexibility index (Phi) is 3.83. The lowest BCUT2D eigenvalue weighted by molar-refractivity contribution is -0.116. The van der Waals surface area contributed by atoms with Crippen LogP contribution in [0.25, 0.3) is 0 Å². The normalized spacial score (nSPS) is 10.3. The van der Waals surface area contributed by atoms with E-state index in [4.69, 9.17) is 0 Å². The van der Waals surface area contributed by atoms with Gasteiger partial charge in [-0.15, -0.1) is 0 Å². The highest BCUT2D eigenvalue weighted by atomic mass is 16.5. The number of aromatic nitrogens is 4. The molecule has 0 aliphatic heterocycles. The number of ether oxygens (including phenoxy) is 1. The van der Waals surface area contributed by atoms with E-state index in [-0.39, 0.29) is 18.1 Å². The predicted molar refractivity (Wildman–Crippen MR) is 70.1 cm³/mol. The number of carbonyl (C=O) groups is 2. The number of carbonyl (C=O) groups excluding carboxylic acids is 2. The molecule has 2 heterocycles. The van der Waals surface area contributed by atoms with Crippen molar-refractivity contribution >= 4 is 17.6 Å². The molecule has 1 amide bonds. The Bertz CT molecular complexity index is 643. The van der Waals surface area contributed by atoms with E-state index in [1.807, 2.05) is 6.92 Å². The molecule has 8 nitrogen and oxygen atoms in total. The van der Waals surface area contributed by atoms with Gasteiger partial charge < -0.3 is 10.1 Å². The van der Waals surface area contributed by atoms with Crippen molar-refractivity contribution < 1.29 is 14.3 Å². The molecule has 8 heteroatoms. The van der Waals surface area contributed by atoms with Crippen molar-refractivity contribution in [3.63, 3.8) is 0 Å². The van der Waals surface area contributed by atoms with Gasteiger partial charge in [0.2, 0.25) is 5.91 Å². The zero-order valence-corrected chi connectivity index (χ0v) is 11.5. The lowest BCUT2D eigenvalue weighted by atomic mass is 10.3. The van der Waals surface area contributed by atoms with Crippen molar-refractivity contribution in [3.8, 4) is 0 Å². The fourth-order valence-electron chi connectivity index (χ4n) is 1.72. The largest absolute Gasteiger partial charge is 0.464 e. The maximum absolute atomic E-state index is 11.9. The van der Waals surface area contributed by atoms with Crippen LogP contribution in [-0.4, -0.2) is 38.5 Å². The fourth-order valence-corrected chi connectivity index (χ4v) is 1.72. The Morgan fingerprint density at radius 1 is 1.45 bits per heavy atom. The van der Waals surface area contributed by atoms with Crippen LogP contribution in [0.1, 0.15) is 16.2 Å². The van der Waals surface area contributed by atoms with Gasteiger partial charge in [0.1, 0.15) is 6.54 Å². The van der Waals surface area contributed by atoms with E-state index >= 15 is 0 Å². The van der Waals surface area contributed by atoms with Crippen LogP contribution in [0.15, 0.2) is 18.5 Å². The quantitative estimate of drug-likeness (QED) is 0.814. The highest BCUT2D eigenvalue weighted by molar-refractivity contribution is 5.99. The van der Waals surface area contributed by atoms with E-state index in [0.29, 0.717) is 5.69 Å². The summed E-state index contributed by atoms with van der Waals surface area (Å²) in [4.78, 5) is 23.5. The minimum atomic E-state index is -0.601. The van der Waals surface area contributed by atoms with Crippen LogP contribution in [0.5, 0.6) is 0 Å². The smallest absolute Gasteiger partial charge is 0.360 e. The maximum atomic E-state index is 11.9. The molecule has 0 aromatic carbocycles. The molecule has 0 radical (unpaired) electrons. The maximum Gasteiger partial charge on any atom is 0.360 e. The average Bonchev–Trinajstić information content (AvgIpc) is 2.95. The number of amides is 1. The number of nitrogens with one attached hydrogen (secondary N) is 1. The van der Waals surface area contributed by atoms with Crippen LogP contribution in [-0.2, 0) is 23.1 Å². The number of hydrogen-bond acceptors (Lipinski definition) is 5. The first kappa shape index (κ1) is 13.8. The zero-order valence-electron chi connectivity index (χ0n) is 11.5. The molecule has 20 heavy (non-hydrogen) atoms. The van der Waals surface area contributed by atoms with Crippen LogP contribution >= 0.6 is 0 Å². The molecule has 0 unspecified atom stereocenters. The van der Waals surface area contributed by atoms with Crippen LogP contribution < -0.4 is 5.32 Å². The van der Waals surface area contributed by atoms with Gasteiger partial charge in [-0.05, 0) is 13.0 Å². The van der Waals surface area contributed by atoms with E-state index in [0.717, 1.165) is 5.69 Å². The van der Waals surface area contributed by atoms with Crippen LogP contribution in [0.2, 0.25) is 0 Å². The SMILES string of the molecule is COC(=O)c1nn(C)cc1NC(=O)Cn1nccc1C. The van der Waals surface area contributed by atoms with Crippen LogP contribution in [0.4, 0.5) is 5.69 Å². The summed E-state index contributed by atoms with van der Waals surface area (Å²) >= 11 is 0. The van der Waals surface area contributed by atoms with Gasteiger partial charge in [0.15, 0.2) is 5.69 Å². The van der Waals surface area contributed by atoms with Gasteiger partial charge >= 0.3 is 5.97 Å². The van der Waals surface area contributed by atoms with E-state index in [9.17, 15) is 9.59 Å². The first-order valence-electron chi connectivity index (χ1n) is 5.91. The van der Waals surface area contributed by atoms with Crippen molar-refractivity contribution in [2.75, 3.05) is 12.4 Å². The standard InChI is InChI=1S/C12H15N5O3/c1-8-4-5-13-17(8)7-10(18)14-9-6-16(2)15-11(9)12(19)20-3/h4-6H,7H2,1-3H3,(H,14,18). The summed E-state index contributed by atoms with van der Waals surface area (Å²) in [5, 5.41) is 10.6. The Balaban J connectivity index is 2.12. The molecule has 0 spiro atoms. The summed E-state index contributed by atoms with van der Waals surface area (Å²) in [6, 6.07) is 1.80. The van der Waals surface area contributed by atoms with Crippen molar-refractivity contribution in [2.24, 2.45) is 7.05 Å². The zero-order chi connectivity index (χ0) is 14.7. The molecule has 2 aromatic rings. The lowest BCUT2D eigenvalue weighted by Crippen LogP contribution is -2.21. The first-order valence-corrected chi connectivity index (χ1v) is 5.91. The predicted octanol–water partition coefficient (Wildman–Crippen LogP) is 0.350. The molecule has 0 aliphatic rings. The third kappa shape index (κ3) is 2.85. The Hall–Kier alpha value is -2.64. The van der Waals surface area contributed by atoms with Gasteiger partial charge in [-0.25, -0.2) is 4.79 Å². The van der Waals surface area contributed by atoms with Crippen LogP contribution in [0, 0.1) is 6.92 Å². The van der Waals surface area contributed by atoms with Gasteiger partial charge in [-0.1, -0.05) is 0 Å². The number of esters is 1. The number of nitrogens with zero attached hydrogens (tertiary/aromatic N) is 4. The number of hydrogen-bond donors (Lipinski definition) is 1. The summed E-state index contributed by atoms with van der Waals surface area (Å²) in [5.41, 5.74) is 1.26. The topological polar surface area (TPSA) is 91.0 Å². The van der Waals surface area contributed by atoms with E-state index in [1.165, 1.54) is 11.8 Å². The average molecular weight is 277 g/mol. The van der Waals surface area contributed by atoms with E-state index in [1.54, 1.807) is 30.2 Å². The summed E-state index contributed by atoms with van der Waals surface area (Å²) in [7, 11) is 2.91. The Morgan fingerprint density at radius 3 is 2.80 bits per heavy atom. The van der Waals surface area contributed by atoms with E-state index in [2.05, 4.69) is 20.3 Å². The fraction of sp³-hybridized carbons (Fsp3) is 0.333. The number of aryl methyl sites for hydroxylation is 2.